The Kier molecular flexibility index (Phi) is 5.62. The largest absolute Gasteiger partial charge is 0.314 e. The van der Waals surface area contributed by atoms with Crippen LogP contribution >= 0.6 is 0 Å². The molecule has 3 unspecified atom stereocenters. The molecule has 1 aliphatic heterocycles. The zero-order valence-electron chi connectivity index (χ0n) is 10.8. The SMILES string of the molecule is CC(CC1CCCCN1)NC(C)C(C)C. The number of hydrogen-bond acceptors (Lipinski definition) is 2. The Labute approximate surface area is 95.2 Å². The highest BCUT2D eigenvalue weighted by Crippen LogP contribution is 2.12. The molecule has 0 amide bonds. The summed E-state index contributed by atoms with van der Waals surface area (Å²) in [5.41, 5.74) is 0. The Morgan fingerprint density at radius 1 is 1.20 bits per heavy atom. The lowest BCUT2D eigenvalue weighted by Crippen LogP contribution is -2.43. The van der Waals surface area contributed by atoms with Gasteiger partial charge in [0.05, 0.1) is 0 Å². The summed E-state index contributed by atoms with van der Waals surface area (Å²) in [6, 6.07) is 2.02. The molecule has 1 aliphatic rings. The van der Waals surface area contributed by atoms with Gasteiger partial charge in [0, 0.05) is 18.1 Å². The van der Waals surface area contributed by atoms with Gasteiger partial charge < -0.3 is 10.6 Å². The summed E-state index contributed by atoms with van der Waals surface area (Å²) in [7, 11) is 0. The van der Waals surface area contributed by atoms with Crippen LogP contribution in [0.2, 0.25) is 0 Å². The van der Waals surface area contributed by atoms with Gasteiger partial charge in [0.25, 0.3) is 0 Å². The van der Waals surface area contributed by atoms with E-state index in [4.69, 9.17) is 0 Å². The highest BCUT2D eigenvalue weighted by molar-refractivity contribution is 4.79. The van der Waals surface area contributed by atoms with E-state index in [0.29, 0.717) is 12.1 Å². The molecule has 2 nitrogen and oxygen atoms in total. The molecule has 15 heavy (non-hydrogen) atoms. The first-order valence-electron chi connectivity index (χ1n) is 6.59. The lowest BCUT2D eigenvalue weighted by Gasteiger charge is -2.29. The van der Waals surface area contributed by atoms with Crippen molar-refractivity contribution in [1.82, 2.24) is 10.6 Å². The van der Waals surface area contributed by atoms with Crippen molar-refractivity contribution in [2.45, 2.75) is 71.5 Å². The minimum Gasteiger partial charge on any atom is -0.314 e. The van der Waals surface area contributed by atoms with E-state index in [2.05, 4.69) is 38.3 Å². The van der Waals surface area contributed by atoms with E-state index in [9.17, 15) is 0 Å². The zero-order chi connectivity index (χ0) is 11.3. The first kappa shape index (κ1) is 13.0. The molecule has 0 saturated carbocycles. The molecule has 0 aromatic rings. The first-order chi connectivity index (χ1) is 7.09. The summed E-state index contributed by atoms with van der Waals surface area (Å²) in [6.45, 7) is 10.4. The monoisotopic (exact) mass is 212 g/mol. The maximum Gasteiger partial charge on any atom is 0.00817 e. The third-order valence-electron chi connectivity index (χ3n) is 3.60. The van der Waals surface area contributed by atoms with Crippen LogP contribution in [0.15, 0.2) is 0 Å². The van der Waals surface area contributed by atoms with Crippen LogP contribution in [0.3, 0.4) is 0 Å². The molecular weight excluding hydrogens is 184 g/mol. The number of hydrogen-bond donors (Lipinski definition) is 2. The highest BCUT2D eigenvalue weighted by Gasteiger charge is 2.17. The van der Waals surface area contributed by atoms with Crippen LogP contribution in [0.4, 0.5) is 0 Å². The lowest BCUT2D eigenvalue weighted by atomic mass is 9.97. The third kappa shape index (κ3) is 4.98. The number of rotatable bonds is 5. The fourth-order valence-corrected chi connectivity index (χ4v) is 2.26. The van der Waals surface area contributed by atoms with Gasteiger partial charge in [0.1, 0.15) is 0 Å². The fraction of sp³-hybridized carbons (Fsp3) is 1.00. The fourth-order valence-electron chi connectivity index (χ4n) is 2.26. The lowest BCUT2D eigenvalue weighted by molar-refractivity contribution is 0.313. The van der Waals surface area contributed by atoms with E-state index in [-0.39, 0.29) is 0 Å². The van der Waals surface area contributed by atoms with Crippen molar-refractivity contribution in [3.63, 3.8) is 0 Å². The standard InChI is InChI=1S/C13H28N2/c1-10(2)12(4)15-11(3)9-13-7-5-6-8-14-13/h10-15H,5-9H2,1-4H3. The summed E-state index contributed by atoms with van der Waals surface area (Å²) in [4.78, 5) is 0. The second-order valence-electron chi connectivity index (χ2n) is 5.48. The van der Waals surface area contributed by atoms with Gasteiger partial charge >= 0.3 is 0 Å². The summed E-state index contributed by atoms with van der Waals surface area (Å²) in [5.74, 6) is 0.728. The second-order valence-corrected chi connectivity index (χ2v) is 5.48. The minimum absolute atomic E-state index is 0.628. The molecule has 0 bridgehead atoms. The smallest absolute Gasteiger partial charge is 0.00817 e. The predicted molar refractivity (Wildman–Crippen MR) is 67.2 cm³/mol. The van der Waals surface area contributed by atoms with E-state index in [1.165, 1.54) is 32.2 Å². The molecule has 0 aromatic carbocycles. The molecule has 1 fully saturated rings. The van der Waals surface area contributed by atoms with Crippen molar-refractivity contribution in [3.05, 3.63) is 0 Å². The van der Waals surface area contributed by atoms with Crippen LogP contribution in [0.25, 0.3) is 0 Å². The van der Waals surface area contributed by atoms with Gasteiger partial charge in [0.15, 0.2) is 0 Å². The molecule has 2 N–H and O–H groups in total. The Balaban J connectivity index is 2.19. The van der Waals surface area contributed by atoms with E-state index >= 15 is 0 Å². The Morgan fingerprint density at radius 3 is 2.47 bits per heavy atom. The maximum absolute atomic E-state index is 3.69. The average Bonchev–Trinajstić information content (AvgIpc) is 2.18. The van der Waals surface area contributed by atoms with Gasteiger partial charge in [-0.1, -0.05) is 20.3 Å². The first-order valence-corrected chi connectivity index (χ1v) is 6.59. The van der Waals surface area contributed by atoms with Crippen molar-refractivity contribution in [2.75, 3.05) is 6.54 Å². The Hall–Kier alpha value is -0.0800. The van der Waals surface area contributed by atoms with Crippen LogP contribution in [0, 0.1) is 5.92 Å². The van der Waals surface area contributed by atoms with E-state index in [1.54, 1.807) is 0 Å². The van der Waals surface area contributed by atoms with Crippen LogP contribution in [-0.2, 0) is 0 Å². The summed E-state index contributed by atoms with van der Waals surface area (Å²) < 4.78 is 0. The van der Waals surface area contributed by atoms with E-state index in [0.717, 1.165) is 12.0 Å². The highest BCUT2D eigenvalue weighted by atomic mass is 15.0. The third-order valence-corrected chi connectivity index (χ3v) is 3.60. The molecule has 0 radical (unpaired) electrons. The quantitative estimate of drug-likeness (QED) is 0.732. The number of nitrogens with one attached hydrogen (secondary N) is 2. The molecule has 1 saturated heterocycles. The van der Waals surface area contributed by atoms with Crippen molar-refractivity contribution in [1.29, 1.82) is 0 Å². The van der Waals surface area contributed by atoms with E-state index in [1.807, 2.05) is 0 Å². The van der Waals surface area contributed by atoms with Crippen LogP contribution < -0.4 is 10.6 Å². The van der Waals surface area contributed by atoms with Gasteiger partial charge in [-0.15, -0.1) is 0 Å². The normalized spacial score (nSPS) is 26.6. The second kappa shape index (κ2) is 6.49. The molecule has 3 atom stereocenters. The molecule has 2 heteroatoms. The maximum atomic E-state index is 3.69. The van der Waals surface area contributed by atoms with Crippen molar-refractivity contribution in [3.8, 4) is 0 Å². The minimum atomic E-state index is 0.628. The van der Waals surface area contributed by atoms with Gasteiger partial charge in [-0.2, -0.15) is 0 Å². The van der Waals surface area contributed by atoms with Crippen molar-refractivity contribution in [2.24, 2.45) is 5.92 Å². The van der Waals surface area contributed by atoms with Crippen LogP contribution in [-0.4, -0.2) is 24.7 Å². The van der Waals surface area contributed by atoms with Gasteiger partial charge in [-0.25, -0.2) is 0 Å². The molecule has 1 rings (SSSR count). The van der Waals surface area contributed by atoms with Gasteiger partial charge in [0.2, 0.25) is 0 Å². The Bertz CT molecular complexity index is 162. The van der Waals surface area contributed by atoms with Gasteiger partial charge in [-0.3, -0.25) is 0 Å². The predicted octanol–water partition coefficient (Wildman–Crippen LogP) is 2.54. The van der Waals surface area contributed by atoms with E-state index < -0.39 is 0 Å². The molecule has 0 aliphatic carbocycles. The molecular formula is C13H28N2. The van der Waals surface area contributed by atoms with Crippen LogP contribution in [0.1, 0.15) is 53.4 Å². The topological polar surface area (TPSA) is 24.1 Å². The summed E-state index contributed by atoms with van der Waals surface area (Å²) in [6.07, 6.45) is 5.41. The molecule has 0 aromatic heterocycles. The van der Waals surface area contributed by atoms with Crippen molar-refractivity contribution >= 4 is 0 Å². The summed E-state index contributed by atoms with van der Waals surface area (Å²) >= 11 is 0. The van der Waals surface area contributed by atoms with Gasteiger partial charge in [-0.05, 0) is 45.6 Å². The zero-order valence-corrected chi connectivity index (χ0v) is 10.8. The summed E-state index contributed by atoms with van der Waals surface area (Å²) in [5, 5.41) is 7.30. The van der Waals surface area contributed by atoms with Crippen molar-refractivity contribution < 1.29 is 0 Å². The Morgan fingerprint density at radius 2 is 1.93 bits per heavy atom. The van der Waals surface area contributed by atoms with Crippen LogP contribution in [0.5, 0.6) is 0 Å². The molecule has 1 heterocycles. The average molecular weight is 212 g/mol. The molecule has 90 valence electrons. The number of piperidine rings is 1. The molecule has 0 spiro atoms.